The first-order valence-corrected chi connectivity index (χ1v) is 7.83. The maximum atomic E-state index is 12.6. The Morgan fingerprint density at radius 2 is 1.80 bits per heavy atom. The fourth-order valence-electron chi connectivity index (χ4n) is 2.19. The van der Waals surface area contributed by atoms with Crippen molar-refractivity contribution < 1.29 is 19.1 Å². The van der Waals surface area contributed by atoms with E-state index in [2.05, 4.69) is 0 Å². The van der Waals surface area contributed by atoms with Gasteiger partial charge in [-0.05, 0) is 6.07 Å². The number of halogens is 1. The molecule has 2 N–H and O–H groups in total. The van der Waals surface area contributed by atoms with Crippen molar-refractivity contribution in [1.82, 2.24) is 4.90 Å². The summed E-state index contributed by atoms with van der Waals surface area (Å²) in [5.41, 5.74) is 6.65. The van der Waals surface area contributed by atoms with Gasteiger partial charge < -0.3 is 20.1 Å². The Kier molecular flexibility index (Phi) is 5.88. The van der Waals surface area contributed by atoms with Gasteiger partial charge in [-0.15, -0.1) is 0 Å². The van der Waals surface area contributed by atoms with Gasteiger partial charge in [0.2, 0.25) is 6.10 Å². The summed E-state index contributed by atoms with van der Waals surface area (Å²) in [4.78, 5) is 26.4. The van der Waals surface area contributed by atoms with Crippen molar-refractivity contribution in [2.24, 2.45) is 0 Å². The van der Waals surface area contributed by atoms with Crippen LogP contribution in [-0.2, 0) is 9.53 Å². The second-order valence-corrected chi connectivity index (χ2v) is 5.91. The van der Waals surface area contributed by atoms with Crippen LogP contribution in [0.2, 0.25) is 5.02 Å². The SMILES string of the molecule is COc1cc(N)c(Cl)cc1C(=O)OC(C(=O)N(C)C)c1ccccc1. The third-order valence-corrected chi connectivity index (χ3v) is 3.86. The zero-order chi connectivity index (χ0) is 18.6. The van der Waals surface area contributed by atoms with Crippen molar-refractivity contribution in [3.63, 3.8) is 0 Å². The lowest BCUT2D eigenvalue weighted by Crippen LogP contribution is -2.31. The zero-order valence-electron chi connectivity index (χ0n) is 14.2. The smallest absolute Gasteiger partial charge is 0.343 e. The van der Waals surface area contributed by atoms with Gasteiger partial charge in [0.05, 0.1) is 17.8 Å². The van der Waals surface area contributed by atoms with Gasteiger partial charge in [0, 0.05) is 25.7 Å². The number of carbonyl (C=O) groups excluding carboxylic acids is 2. The topological polar surface area (TPSA) is 81.9 Å². The number of hydrogen-bond acceptors (Lipinski definition) is 5. The largest absolute Gasteiger partial charge is 0.496 e. The highest BCUT2D eigenvalue weighted by molar-refractivity contribution is 6.33. The van der Waals surface area contributed by atoms with Crippen LogP contribution in [0.3, 0.4) is 0 Å². The summed E-state index contributed by atoms with van der Waals surface area (Å²) in [6, 6.07) is 11.6. The molecular weight excluding hydrogens is 344 g/mol. The standard InChI is InChI=1S/C18H19ClN2O4/c1-21(2)17(22)16(11-7-5-4-6-8-11)25-18(23)12-9-13(19)14(20)10-15(12)24-3/h4-10,16H,20H2,1-3H3. The predicted octanol–water partition coefficient (Wildman–Crippen LogP) is 2.92. The quantitative estimate of drug-likeness (QED) is 0.653. The number of hydrogen-bond donors (Lipinski definition) is 1. The lowest BCUT2D eigenvalue weighted by molar-refractivity contribution is -0.138. The minimum atomic E-state index is -1.08. The van der Waals surface area contributed by atoms with Crippen LogP contribution in [0.5, 0.6) is 5.75 Å². The summed E-state index contributed by atoms with van der Waals surface area (Å²) in [6.07, 6.45) is -1.08. The van der Waals surface area contributed by atoms with Crippen LogP contribution in [0, 0.1) is 0 Å². The molecular formula is C18H19ClN2O4. The van der Waals surface area contributed by atoms with Crippen molar-refractivity contribution >= 4 is 29.2 Å². The molecule has 0 radical (unpaired) electrons. The average molecular weight is 363 g/mol. The lowest BCUT2D eigenvalue weighted by Gasteiger charge is -2.21. The van der Waals surface area contributed by atoms with E-state index in [1.807, 2.05) is 6.07 Å². The molecule has 2 aromatic rings. The lowest BCUT2D eigenvalue weighted by atomic mass is 10.1. The highest BCUT2D eigenvalue weighted by atomic mass is 35.5. The van der Waals surface area contributed by atoms with E-state index in [-0.39, 0.29) is 27.9 Å². The van der Waals surface area contributed by atoms with Gasteiger partial charge >= 0.3 is 5.97 Å². The molecule has 0 bridgehead atoms. The van der Waals surface area contributed by atoms with E-state index in [9.17, 15) is 9.59 Å². The molecule has 0 saturated carbocycles. The van der Waals surface area contributed by atoms with Crippen LogP contribution < -0.4 is 10.5 Å². The number of benzene rings is 2. The van der Waals surface area contributed by atoms with E-state index < -0.39 is 12.1 Å². The highest BCUT2D eigenvalue weighted by Gasteiger charge is 2.28. The Bertz CT molecular complexity index is 778. The Morgan fingerprint density at radius 1 is 1.16 bits per heavy atom. The molecule has 7 heteroatoms. The second-order valence-electron chi connectivity index (χ2n) is 5.50. The maximum Gasteiger partial charge on any atom is 0.343 e. The Labute approximate surface area is 151 Å². The number of nitrogens with zero attached hydrogens (tertiary/aromatic N) is 1. The third kappa shape index (κ3) is 4.22. The molecule has 0 spiro atoms. The molecule has 132 valence electrons. The summed E-state index contributed by atoms with van der Waals surface area (Å²) < 4.78 is 10.6. The molecule has 0 saturated heterocycles. The fraction of sp³-hybridized carbons (Fsp3) is 0.222. The van der Waals surface area contributed by atoms with Crippen LogP contribution in [-0.4, -0.2) is 38.0 Å². The van der Waals surface area contributed by atoms with E-state index in [0.717, 1.165) is 0 Å². The molecule has 0 aromatic heterocycles. The monoisotopic (exact) mass is 362 g/mol. The Balaban J connectivity index is 2.38. The van der Waals surface area contributed by atoms with Crippen molar-refractivity contribution in [2.45, 2.75) is 6.10 Å². The molecule has 2 rings (SSSR count). The molecule has 25 heavy (non-hydrogen) atoms. The van der Waals surface area contributed by atoms with Crippen LogP contribution >= 0.6 is 11.6 Å². The second kappa shape index (κ2) is 7.90. The first-order valence-electron chi connectivity index (χ1n) is 7.45. The van der Waals surface area contributed by atoms with Gasteiger partial charge in [0.25, 0.3) is 5.91 Å². The molecule has 1 unspecified atom stereocenters. The van der Waals surface area contributed by atoms with Gasteiger partial charge in [0.1, 0.15) is 11.3 Å². The van der Waals surface area contributed by atoms with Crippen molar-refractivity contribution in [2.75, 3.05) is 26.9 Å². The third-order valence-electron chi connectivity index (χ3n) is 3.53. The summed E-state index contributed by atoms with van der Waals surface area (Å²) in [5, 5.41) is 0.197. The van der Waals surface area contributed by atoms with E-state index >= 15 is 0 Å². The molecule has 0 heterocycles. The van der Waals surface area contributed by atoms with E-state index in [0.29, 0.717) is 5.56 Å². The number of anilines is 1. The number of amides is 1. The molecule has 2 aromatic carbocycles. The summed E-state index contributed by atoms with van der Waals surface area (Å²) >= 11 is 5.99. The van der Waals surface area contributed by atoms with Gasteiger partial charge in [-0.3, -0.25) is 4.79 Å². The Morgan fingerprint density at radius 3 is 2.36 bits per heavy atom. The molecule has 1 amide bonds. The van der Waals surface area contributed by atoms with Crippen LogP contribution in [0.25, 0.3) is 0 Å². The predicted molar refractivity (Wildman–Crippen MR) is 95.7 cm³/mol. The molecule has 0 aliphatic rings. The number of rotatable bonds is 5. The van der Waals surface area contributed by atoms with Crippen molar-refractivity contribution in [1.29, 1.82) is 0 Å². The molecule has 0 aliphatic heterocycles. The van der Waals surface area contributed by atoms with Crippen LogP contribution in [0.15, 0.2) is 42.5 Å². The van der Waals surface area contributed by atoms with E-state index in [1.165, 1.54) is 24.1 Å². The van der Waals surface area contributed by atoms with E-state index in [4.69, 9.17) is 26.8 Å². The van der Waals surface area contributed by atoms with Crippen LogP contribution in [0.1, 0.15) is 22.0 Å². The number of ether oxygens (including phenoxy) is 2. The number of esters is 1. The molecule has 0 aliphatic carbocycles. The number of nitrogens with two attached hydrogens (primary N) is 1. The molecule has 0 fully saturated rings. The maximum absolute atomic E-state index is 12.6. The van der Waals surface area contributed by atoms with Gasteiger partial charge in [-0.25, -0.2) is 4.79 Å². The van der Waals surface area contributed by atoms with Crippen LogP contribution in [0.4, 0.5) is 5.69 Å². The summed E-state index contributed by atoms with van der Waals surface area (Å²) in [5.74, 6) is -0.876. The number of nitrogen functional groups attached to an aromatic ring is 1. The van der Waals surface area contributed by atoms with E-state index in [1.54, 1.807) is 38.4 Å². The number of likely N-dealkylation sites (N-methyl/N-ethyl adjacent to an activating group) is 1. The molecule has 6 nitrogen and oxygen atoms in total. The summed E-state index contributed by atoms with van der Waals surface area (Å²) in [6.45, 7) is 0. The normalized spacial score (nSPS) is 11.5. The van der Waals surface area contributed by atoms with Gasteiger partial charge in [0.15, 0.2) is 0 Å². The van der Waals surface area contributed by atoms with Gasteiger partial charge in [-0.2, -0.15) is 0 Å². The first kappa shape index (κ1) is 18.6. The average Bonchev–Trinajstić information content (AvgIpc) is 2.61. The Hall–Kier alpha value is -2.73. The fourth-order valence-corrected chi connectivity index (χ4v) is 2.36. The zero-order valence-corrected chi connectivity index (χ0v) is 14.9. The number of methoxy groups -OCH3 is 1. The van der Waals surface area contributed by atoms with Crippen molar-refractivity contribution in [3.8, 4) is 5.75 Å². The minimum Gasteiger partial charge on any atom is -0.496 e. The molecule has 1 atom stereocenters. The number of carbonyl (C=O) groups is 2. The highest BCUT2D eigenvalue weighted by Crippen LogP contribution is 2.31. The summed E-state index contributed by atoms with van der Waals surface area (Å²) in [7, 11) is 4.58. The first-order chi connectivity index (χ1) is 11.8. The minimum absolute atomic E-state index is 0.0918. The van der Waals surface area contributed by atoms with Gasteiger partial charge in [-0.1, -0.05) is 41.9 Å². The van der Waals surface area contributed by atoms with Crippen molar-refractivity contribution in [3.05, 3.63) is 58.6 Å².